The third kappa shape index (κ3) is 5.07. The number of rotatable bonds is 6. The van der Waals surface area contributed by atoms with E-state index in [1.165, 1.54) is 24.3 Å². The van der Waals surface area contributed by atoms with Gasteiger partial charge in [-0.15, -0.1) is 0 Å². The van der Waals surface area contributed by atoms with E-state index in [0.29, 0.717) is 18.5 Å². The standard InChI is InChI=1S/C19H21FN4O3/c20-15-3-1-13(2-4-15)19(27)23-6-5-18(26)24-11-14(17(25)12-24)9-16-10-21-7-8-22-16/h1-4,7-8,10,14,17,25H,5-6,9,11-12H2,(H,23,27)/t14-,17-/m1/s1. The minimum Gasteiger partial charge on any atom is -0.391 e. The van der Waals surface area contributed by atoms with Crippen LogP contribution in [0.4, 0.5) is 4.39 Å². The number of likely N-dealkylation sites (tertiary alicyclic amines) is 1. The molecule has 1 aliphatic rings. The topological polar surface area (TPSA) is 95.4 Å². The number of aliphatic hydroxyl groups is 1. The summed E-state index contributed by atoms with van der Waals surface area (Å²) in [5.74, 6) is -0.982. The van der Waals surface area contributed by atoms with Gasteiger partial charge in [-0.05, 0) is 30.7 Å². The lowest BCUT2D eigenvalue weighted by molar-refractivity contribution is -0.130. The summed E-state index contributed by atoms with van der Waals surface area (Å²) in [6, 6.07) is 5.20. The summed E-state index contributed by atoms with van der Waals surface area (Å²) in [5.41, 5.74) is 1.12. The Kier molecular flexibility index (Phi) is 6.08. The van der Waals surface area contributed by atoms with Gasteiger partial charge >= 0.3 is 0 Å². The molecule has 2 heterocycles. The normalized spacial score (nSPS) is 19.1. The Labute approximate surface area is 156 Å². The van der Waals surface area contributed by atoms with Crippen molar-refractivity contribution in [3.05, 3.63) is 59.9 Å². The molecule has 0 spiro atoms. The summed E-state index contributed by atoms with van der Waals surface area (Å²) in [5, 5.41) is 12.9. The maximum absolute atomic E-state index is 12.9. The van der Waals surface area contributed by atoms with Gasteiger partial charge in [-0.3, -0.25) is 19.6 Å². The van der Waals surface area contributed by atoms with Crippen LogP contribution in [0.3, 0.4) is 0 Å². The summed E-state index contributed by atoms with van der Waals surface area (Å²) in [4.78, 5) is 34.1. The van der Waals surface area contributed by atoms with Crippen molar-refractivity contribution in [2.75, 3.05) is 19.6 Å². The molecule has 1 saturated heterocycles. The van der Waals surface area contributed by atoms with Gasteiger partial charge in [0, 0.05) is 56.1 Å². The van der Waals surface area contributed by atoms with Crippen LogP contribution < -0.4 is 5.32 Å². The van der Waals surface area contributed by atoms with Gasteiger partial charge in [0.15, 0.2) is 0 Å². The number of benzene rings is 1. The number of carbonyl (C=O) groups is 2. The van der Waals surface area contributed by atoms with Crippen molar-refractivity contribution in [3.8, 4) is 0 Å². The fourth-order valence-corrected chi connectivity index (χ4v) is 3.11. The van der Waals surface area contributed by atoms with Gasteiger partial charge in [-0.2, -0.15) is 0 Å². The summed E-state index contributed by atoms with van der Waals surface area (Å²) in [6.45, 7) is 0.897. The predicted octanol–water partition coefficient (Wildman–Crippen LogP) is 0.798. The Morgan fingerprint density at radius 2 is 2.00 bits per heavy atom. The molecule has 2 aromatic rings. The molecule has 142 valence electrons. The van der Waals surface area contributed by atoms with Crippen LogP contribution >= 0.6 is 0 Å². The molecule has 0 unspecified atom stereocenters. The van der Waals surface area contributed by atoms with Crippen LogP contribution in [0.5, 0.6) is 0 Å². The van der Waals surface area contributed by atoms with E-state index in [4.69, 9.17) is 0 Å². The molecule has 0 radical (unpaired) electrons. The first-order chi connectivity index (χ1) is 13.0. The Hall–Kier alpha value is -2.87. The summed E-state index contributed by atoms with van der Waals surface area (Å²) >= 11 is 0. The Morgan fingerprint density at radius 3 is 2.70 bits per heavy atom. The van der Waals surface area contributed by atoms with Gasteiger partial charge in [-0.1, -0.05) is 0 Å². The first kappa shape index (κ1) is 18.9. The van der Waals surface area contributed by atoms with Crippen molar-refractivity contribution >= 4 is 11.8 Å². The summed E-state index contributed by atoms with van der Waals surface area (Å²) < 4.78 is 12.9. The minimum absolute atomic E-state index is 0.0838. The van der Waals surface area contributed by atoms with E-state index in [-0.39, 0.29) is 37.2 Å². The molecular formula is C19H21FN4O3. The predicted molar refractivity (Wildman–Crippen MR) is 95.2 cm³/mol. The fraction of sp³-hybridized carbons (Fsp3) is 0.368. The van der Waals surface area contributed by atoms with Crippen LogP contribution in [0.25, 0.3) is 0 Å². The van der Waals surface area contributed by atoms with Crippen LogP contribution in [-0.4, -0.2) is 57.5 Å². The van der Waals surface area contributed by atoms with E-state index in [0.717, 1.165) is 5.69 Å². The van der Waals surface area contributed by atoms with Crippen LogP contribution in [0.15, 0.2) is 42.9 Å². The molecule has 1 aliphatic heterocycles. The molecule has 0 aliphatic carbocycles. The maximum atomic E-state index is 12.9. The van der Waals surface area contributed by atoms with E-state index in [9.17, 15) is 19.1 Å². The highest BCUT2D eigenvalue weighted by Crippen LogP contribution is 2.21. The van der Waals surface area contributed by atoms with E-state index >= 15 is 0 Å². The highest BCUT2D eigenvalue weighted by atomic mass is 19.1. The Bertz CT molecular complexity index is 785. The molecule has 1 aromatic heterocycles. The molecule has 3 rings (SSSR count). The number of halogens is 1. The van der Waals surface area contributed by atoms with Crippen LogP contribution in [0.1, 0.15) is 22.5 Å². The Morgan fingerprint density at radius 1 is 1.22 bits per heavy atom. The van der Waals surface area contributed by atoms with Crippen molar-refractivity contribution in [2.45, 2.75) is 18.9 Å². The second-order valence-electron chi connectivity index (χ2n) is 6.54. The molecule has 2 amide bonds. The number of hydrogen-bond donors (Lipinski definition) is 2. The molecule has 2 N–H and O–H groups in total. The number of aromatic nitrogens is 2. The van der Waals surface area contributed by atoms with E-state index < -0.39 is 11.9 Å². The van der Waals surface area contributed by atoms with Crippen molar-refractivity contribution in [1.82, 2.24) is 20.2 Å². The van der Waals surface area contributed by atoms with Gasteiger partial charge in [0.05, 0.1) is 11.8 Å². The molecule has 0 saturated carbocycles. The van der Waals surface area contributed by atoms with E-state index in [2.05, 4.69) is 15.3 Å². The molecular weight excluding hydrogens is 351 g/mol. The minimum atomic E-state index is -0.607. The van der Waals surface area contributed by atoms with Gasteiger partial charge < -0.3 is 15.3 Å². The SMILES string of the molecule is O=C(NCCC(=O)N1C[C@@H](Cc2cnccn2)[C@H](O)C1)c1ccc(F)cc1. The number of nitrogens with one attached hydrogen (secondary N) is 1. The number of nitrogens with zero attached hydrogens (tertiary/aromatic N) is 3. The van der Waals surface area contributed by atoms with Gasteiger partial charge in [-0.25, -0.2) is 4.39 Å². The summed E-state index contributed by atoms with van der Waals surface area (Å²) in [7, 11) is 0. The molecule has 27 heavy (non-hydrogen) atoms. The average Bonchev–Trinajstić information content (AvgIpc) is 3.03. The van der Waals surface area contributed by atoms with Gasteiger partial charge in [0.25, 0.3) is 5.91 Å². The average molecular weight is 372 g/mol. The van der Waals surface area contributed by atoms with Gasteiger partial charge in [0.2, 0.25) is 5.91 Å². The molecule has 1 aromatic carbocycles. The molecule has 7 nitrogen and oxygen atoms in total. The zero-order chi connectivity index (χ0) is 19.2. The van der Waals surface area contributed by atoms with Crippen molar-refractivity contribution in [1.29, 1.82) is 0 Å². The zero-order valence-electron chi connectivity index (χ0n) is 14.7. The number of aliphatic hydroxyl groups excluding tert-OH is 1. The monoisotopic (exact) mass is 372 g/mol. The van der Waals surface area contributed by atoms with Gasteiger partial charge in [0.1, 0.15) is 5.82 Å². The highest BCUT2D eigenvalue weighted by molar-refractivity contribution is 5.94. The lowest BCUT2D eigenvalue weighted by Gasteiger charge is -2.16. The number of carbonyl (C=O) groups excluding carboxylic acids is 2. The number of β-amino-alcohol motifs (C(OH)–C–C–N with tert-alkyl or cyclic N) is 1. The van der Waals surface area contributed by atoms with Crippen LogP contribution in [0.2, 0.25) is 0 Å². The highest BCUT2D eigenvalue weighted by Gasteiger charge is 2.34. The maximum Gasteiger partial charge on any atom is 0.251 e. The lowest BCUT2D eigenvalue weighted by Crippen LogP contribution is -2.33. The molecule has 1 fully saturated rings. The number of hydrogen-bond acceptors (Lipinski definition) is 5. The largest absolute Gasteiger partial charge is 0.391 e. The van der Waals surface area contributed by atoms with Crippen LogP contribution in [0, 0.1) is 11.7 Å². The lowest BCUT2D eigenvalue weighted by atomic mass is 10.0. The molecule has 8 heteroatoms. The Balaban J connectivity index is 1.44. The second-order valence-corrected chi connectivity index (χ2v) is 6.54. The fourth-order valence-electron chi connectivity index (χ4n) is 3.11. The first-order valence-electron chi connectivity index (χ1n) is 8.77. The smallest absolute Gasteiger partial charge is 0.251 e. The first-order valence-corrected chi connectivity index (χ1v) is 8.77. The summed E-state index contributed by atoms with van der Waals surface area (Å²) in [6.07, 6.45) is 4.93. The molecule has 2 atom stereocenters. The van der Waals surface area contributed by atoms with Crippen molar-refractivity contribution in [2.24, 2.45) is 5.92 Å². The third-order valence-electron chi connectivity index (χ3n) is 4.58. The third-order valence-corrected chi connectivity index (χ3v) is 4.58. The van der Waals surface area contributed by atoms with Crippen LogP contribution in [-0.2, 0) is 11.2 Å². The number of amides is 2. The van der Waals surface area contributed by atoms with Crippen molar-refractivity contribution < 1.29 is 19.1 Å². The quantitative estimate of drug-likeness (QED) is 0.782. The van der Waals surface area contributed by atoms with E-state index in [1.54, 1.807) is 23.5 Å². The molecule has 0 bridgehead atoms. The van der Waals surface area contributed by atoms with Crippen molar-refractivity contribution in [3.63, 3.8) is 0 Å². The van der Waals surface area contributed by atoms with E-state index in [1.807, 2.05) is 0 Å². The second kappa shape index (κ2) is 8.68. The zero-order valence-corrected chi connectivity index (χ0v) is 14.7.